The Morgan fingerprint density at radius 3 is 2.73 bits per heavy atom. The largest absolute Gasteiger partial charge is 0.465 e. The molecule has 1 aromatic rings. The monoisotopic (exact) mass is 327 g/mol. The van der Waals surface area contributed by atoms with Crippen molar-refractivity contribution in [3.05, 3.63) is 29.8 Å². The van der Waals surface area contributed by atoms with Gasteiger partial charge in [-0.15, -0.1) is 0 Å². The average Bonchev–Trinajstić information content (AvgIpc) is 3.05. The van der Waals surface area contributed by atoms with Gasteiger partial charge in [-0.1, -0.05) is 17.7 Å². The molecule has 2 aliphatic rings. The Bertz CT molecular complexity index is 686. The lowest BCUT2D eigenvalue weighted by atomic mass is 10.1. The minimum atomic E-state index is -3.88. The molecule has 1 N–H and O–H groups in total. The maximum absolute atomic E-state index is 12.2. The number of nitrogens with zero attached hydrogens (tertiary/aromatic N) is 1. The number of benzene rings is 1. The standard InChI is InChI=1S/C14H17NO6S/c1-10-2-4-12(5-3-10)22(18,19)21-9-14-6-11(7-20-14)15(8-14)13(16)17/h2-5,11H,6-9H2,1H3,(H,16,17)/t11-,14-/m0/s1. The molecule has 3 rings (SSSR count). The van der Waals surface area contributed by atoms with Crippen molar-refractivity contribution >= 4 is 16.2 Å². The van der Waals surface area contributed by atoms with Gasteiger partial charge in [0.15, 0.2) is 0 Å². The van der Waals surface area contributed by atoms with Gasteiger partial charge in [-0.3, -0.25) is 9.08 Å². The number of rotatable bonds is 4. The second-order valence-electron chi connectivity index (χ2n) is 5.79. The van der Waals surface area contributed by atoms with Crippen molar-refractivity contribution in [2.45, 2.75) is 29.9 Å². The first kappa shape index (κ1) is 15.3. The van der Waals surface area contributed by atoms with Gasteiger partial charge >= 0.3 is 6.09 Å². The first-order valence-electron chi connectivity index (χ1n) is 6.91. The van der Waals surface area contributed by atoms with Crippen LogP contribution in [0.5, 0.6) is 0 Å². The second kappa shape index (κ2) is 5.22. The number of likely N-dealkylation sites (tertiary alicyclic amines) is 1. The number of carbonyl (C=O) groups is 1. The van der Waals surface area contributed by atoms with Crippen LogP contribution in [0.3, 0.4) is 0 Å². The predicted molar refractivity (Wildman–Crippen MR) is 76.1 cm³/mol. The van der Waals surface area contributed by atoms with Gasteiger partial charge in [0, 0.05) is 6.42 Å². The second-order valence-corrected chi connectivity index (χ2v) is 7.41. The normalized spacial score (nSPS) is 27.3. The molecule has 0 unspecified atom stereocenters. The van der Waals surface area contributed by atoms with E-state index in [0.29, 0.717) is 6.42 Å². The number of amides is 1. The Hall–Kier alpha value is -1.64. The highest BCUT2D eigenvalue weighted by Crippen LogP contribution is 2.38. The van der Waals surface area contributed by atoms with E-state index in [9.17, 15) is 13.2 Å². The number of morpholine rings is 1. The molecule has 8 heteroatoms. The summed E-state index contributed by atoms with van der Waals surface area (Å²) in [6, 6.07) is 6.14. The van der Waals surface area contributed by atoms with Gasteiger partial charge in [-0.2, -0.15) is 8.42 Å². The molecule has 1 amide bonds. The number of aryl methyl sites for hydroxylation is 1. The Morgan fingerprint density at radius 1 is 1.45 bits per heavy atom. The fourth-order valence-corrected chi connectivity index (χ4v) is 3.87. The molecule has 2 atom stereocenters. The molecule has 0 spiro atoms. The van der Waals surface area contributed by atoms with Crippen molar-refractivity contribution in [2.24, 2.45) is 0 Å². The molecule has 0 aromatic heterocycles. The summed E-state index contributed by atoms with van der Waals surface area (Å²) in [5, 5.41) is 9.09. The SMILES string of the molecule is Cc1ccc(S(=O)(=O)OC[C@@]23C[C@@H](CO2)N(C(=O)O)C3)cc1. The van der Waals surface area contributed by atoms with Gasteiger partial charge in [0.1, 0.15) is 5.60 Å². The van der Waals surface area contributed by atoms with Gasteiger partial charge in [-0.05, 0) is 19.1 Å². The fraction of sp³-hybridized carbons (Fsp3) is 0.500. The minimum Gasteiger partial charge on any atom is -0.465 e. The van der Waals surface area contributed by atoms with E-state index in [-0.39, 0.29) is 30.7 Å². The van der Waals surface area contributed by atoms with Crippen LogP contribution in [0.15, 0.2) is 29.2 Å². The van der Waals surface area contributed by atoms with Crippen LogP contribution in [0.2, 0.25) is 0 Å². The molecule has 1 aromatic carbocycles. The molecule has 7 nitrogen and oxygen atoms in total. The summed E-state index contributed by atoms with van der Waals surface area (Å²) in [6.45, 7) is 2.10. The fourth-order valence-electron chi connectivity index (χ4n) is 2.90. The topological polar surface area (TPSA) is 93.1 Å². The molecule has 0 saturated carbocycles. The third kappa shape index (κ3) is 2.69. The summed E-state index contributed by atoms with van der Waals surface area (Å²) in [5.74, 6) is 0. The number of fused-ring (bicyclic) bond motifs is 2. The molecule has 2 heterocycles. The summed E-state index contributed by atoms with van der Waals surface area (Å²) in [7, 11) is -3.88. The molecule has 2 fully saturated rings. The summed E-state index contributed by atoms with van der Waals surface area (Å²) in [6.07, 6.45) is -0.556. The van der Waals surface area contributed by atoms with Crippen molar-refractivity contribution in [2.75, 3.05) is 19.8 Å². The zero-order valence-corrected chi connectivity index (χ0v) is 12.9. The van der Waals surface area contributed by atoms with Crippen LogP contribution in [-0.2, 0) is 19.0 Å². The van der Waals surface area contributed by atoms with Gasteiger partial charge in [0.05, 0.1) is 30.7 Å². The van der Waals surface area contributed by atoms with Crippen LogP contribution >= 0.6 is 0 Å². The molecular formula is C14H17NO6S. The highest BCUT2D eigenvalue weighted by atomic mass is 32.2. The van der Waals surface area contributed by atoms with E-state index in [1.807, 2.05) is 6.92 Å². The van der Waals surface area contributed by atoms with Crippen LogP contribution in [0.4, 0.5) is 4.79 Å². The summed E-state index contributed by atoms with van der Waals surface area (Å²) in [5.41, 5.74) is 0.0910. The van der Waals surface area contributed by atoms with Gasteiger partial charge < -0.3 is 9.84 Å². The van der Waals surface area contributed by atoms with Gasteiger partial charge in [-0.25, -0.2) is 4.79 Å². The van der Waals surface area contributed by atoms with Crippen molar-refractivity contribution in [3.8, 4) is 0 Å². The Morgan fingerprint density at radius 2 is 2.14 bits per heavy atom. The van der Waals surface area contributed by atoms with Crippen LogP contribution in [-0.4, -0.2) is 55.9 Å². The number of carboxylic acid groups (broad SMARTS) is 1. The zero-order valence-electron chi connectivity index (χ0n) is 12.1. The van der Waals surface area contributed by atoms with Crippen LogP contribution in [0.25, 0.3) is 0 Å². The Labute approximate surface area is 128 Å². The van der Waals surface area contributed by atoms with Crippen LogP contribution in [0.1, 0.15) is 12.0 Å². The number of hydrogen-bond acceptors (Lipinski definition) is 5. The molecule has 2 aliphatic heterocycles. The first-order valence-corrected chi connectivity index (χ1v) is 8.32. The third-order valence-corrected chi connectivity index (χ3v) is 5.40. The molecule has 120 valence electrons. The van der Waals surface area contributed by atoms with E-state index < -0.39 is 21.8 Å². The van der Waals surface area contributed by atoms with E-state index in [2.05, 4.69) is 0 Å². The number of hydrogen-bond donors (Lipinski definition) is 1. The van der Waals surface area contributed by atoms with Crippen molar-refractivity contribution in [1.29, 1.82) is 0 Å². The molecule has 0 radical (unpaired) electrons. The molecule has 2 saturated heterocycles. The summed E-state index contributed by atoms with van der Waals surface area (Å²) in [4.78, 5) is 12.5. The highest BCUT2D eigenvalue weighted by Gasteiger charge is 2.53. The summed E-state index contributed by atoms with van der Waals surface area (Å²) < 4.78 is 35.1. The van der Waals surface area contributed by atoms with E-state index >= 15 is 0 Å². The maximum atomic E-state index is 12.2. The van der Waals surface area contributed by atoms with Crippen LogP contribution in [0, 0.1) is 6.92 Å². The Kier molecular flexibility index (Phi) is 3.62. The average molecular weight is 327 g/mol. The molecule has 0 aliphatic carbocycles. The number of ether oxygens (including phenoxy) is 1. The highest BCUT2D eigenvalue weighted by molar-refractivity contribution is 7.86. The molecule has 2 bridgehead atoms. The van der Waals surface area contributed by atoms with E-state index in [1.165, 1.54) is 17.0 Å². The van der Waals surface area contributed by atoms with E-state index in [1.54, 1.807) is 12.1 Å². The maximum Gasteiger partial charge on any atom is 0.407 e. The molecule has 22 heavy (non-hydrogen) atoms. The minimum absolute atomic E-state index is 0.0807. The van der Waals surface area contributed by atoms with Gasteiger partial charge in [0.2, 0.25) is 0 Å². The predicted octanol–water partition coefficient (Wildman–Crippen LogP) is 1.22. The zero-order chi connectivity index (χ0) is 16.0. The van der Waals surface area contributed by atoms with Crippen molar-refractivity contribution in [3.63, 3.8) is 0 Å². The molecular weight excluding hydrogens is 310 g/mol. The van der Waals surface area contributed by atoms with Crippen molar-refractivity contribution in [1.82, 2.24) is 4.90 Å². The lowest BCUT2D eigenvalue weighted by molar-refractivity contribution is -0.0613. The van der Waals surface area contributed by atoms with Crippen LogP contribution < -0.4 is 0 Å². The smallest absolute Gasteiger partial charge is 0.407 e. The lowest BCUT2D eigenvalue weighted by Gasteiger charge is -2.30. The first-order chi connectivity index (χ1) is 10.3. The van der Waals surface area contributed by atoms with Crippen molar-refractivity contribution < 1.29 is 27.2 Å². The summed E-state index contributed by atoms with van der Waals surface area (Å²) >= 11 is 0. The van der Waals surface area contributed by atoms with E-state index in [0.717, 1.165) is 5.56 Å². The third-order valence-electron chi connectivity index (χ3n) is 4.12. The lowest BCUT2D eigenvalue weighted by Crippen LogP contribution is -2.47. The Balaban J connectivity index is 1.70. The van der Waals surface area contributed by atoms with E-state index in [4.69, 9.17) is 14.0 Å². The quantitative estimate of drug-likeness (QED) is 0.836. The van der Waals surface area contributed by atoms with Gasteiger partial charge in [0.25, 0.3) is 10.1 Å².